The quantitative estimate of drug-likeness (QED) is 0.640. The van der Waals surface area contributed by atoms with Gasteiger partial charge in [0, 0.05) is 30.2 Å². The molecule has 5 heteroatoms. The molecule has 2 aromatic carbocycles. The molecule has 4 nitrogen and oxygen atoms in total. The van der Waals surface area contributed by atoms with Gasteiger partial charge in [0.15, 0.2) is 0 Å². The van der Waals surface area contributed by atoms with Gasteiger partial charge in [-0.25, -0.2) is 0 Å². The molecule has 1 aliphatic heterocycles. The molecular formula is C23H27ClN2O2. The van der Waals surface area contributed by atoms with Crippen molar-refractivity contribution >= 4 is 22.5 Å². The van der Waals surface area contributed by atoms with Crippen LogP contribution in [0.1, 0.15) is 30.4 Å². The second kappa shape index (κ2) is 8.16. The van der Waals surface area contributed by atoms with Crippen LogP contribution in [0.5, 0.6) is 5.75 Å². The number of nitrogens with one attached hydrogen (secondary N) is 1. The maximum Gasteiger partial charge on any atom is 0.138 e. The third-order valence-electron chi connectivity index (χ3n) is 5.67. The van der Waals surface area contributed by atoms with Crippen LogP contribution in [0, 0.1) is 6.92 Å². The summed E-state index contributed by atoms with van der Waals surface area (Å²) in [5, 5.41) is 13.0. The number of nitrogens with zero attached hydrogens (tertiary/aromatic N) is 1. The summed E-state index contributed by atoms with van der Waals surface area (Å²) in [4.78, 5) is 5.71. The minimum absolute atomic E-state index is 0.275. The fraction of sp³-hybridized carbons (Fsp3) is 0.391. The first-order valence-electron chi connectivity index (χ1n) is 9.91. The molecular weight excluding hydrogens is 372 g/mol. The van der Waals surface area contributed by atoms with E-state index in [9.17, 15) is 5.11 Å². The average molecular weight is 399 g/mol. The highest BCUT2D eigenvalue weighted by molar-refractivity contribution is 6.32. The molecule has 1 atom stereocenters. The number of benzene rings is 2. The van der Waals surface area contributed by atoms with Gasteiger partial charge in [0.2, 0.25) is 0 Å². The van der Waals surface area contributed by atoms with E-state index in [0.29, 0.717) is 17.2 Å². The van der Waals surface area contributed by atoms with Crippen molar-refractivity contribution in [3.63, 3.8) is 0 Å². The number of rotatable bonds is 5. The largest absolute Gasteiger partial charge is 0.489 e. The second-order valence-corrected chi connectivity index (χ2v) is 8.34. The van der Waals surface area contributed by atoms with Crippen molar-refractivity contribution in [2.24, 2.45) is 0 Å². The number of H-pyrrole nitrogens is 1. The van der Waals surface area contributed by atoms with Crippen LogP contribution in [0.2, 0.25) is 5.02 Å². The van der Waals surface area contributed by atoms with E-state index < -0.39 is 5.60 Å². The number of aliphatic hydroxyl groups is 1. The van der Waals surface area contributed by atoms with Crippen LogP contribution < -0.4 is 4.74 Å². The van der Waals surface area contributed by atoms with Crippen LogP contribution in [0.3, 0.4) is 0 Å². The fourth-order valence-electron chi connectivity index (χ4n) is 4.00. The molecule has 1 aromatic heterocycles. The van der Waals surface area contributed by atoms with Crippen LogP contribution in [0.4, 0.5) is 0 Å². The number of fused-ring (bicyclic) bond motifs is 1. The van der Waals surface area contributed by atoms with Gasteiger partial charge in [-0.2, -0.15) is 0 Å². The molecule has 0 aliphatic carbocycles. The van der Waals surface area contributed by atoms with Gasteiger partial charge >= 0.3 is 0 Å². The van der Waals surface area contributed by atoms with Crippen LogP contribution in [0.15, 0.2) is 48.7 Å². The number of halogens is 1. The van der Waals surface area contributed by atoms with Crippen molar-refractivity contribution in [2.45, 2.75) is 38.3 Å². The summed E-state index contributed by atoms with van der Waals surface area (Å²) >= 11 is 6.23. The minimum atomic E-state index is -0.818. The van der Waals surface area contributed by atoms with Gasteiger partial charge in [-0.15, -0.1) is 0 Å². The van der Waals surface area contributed by atoms with Crippen molar-refractivity contribution in [3.8, 4) is 5.75 Å². The van der Waals surface area contributed by atoms with Gasteiger partial charge in [-0.05, 0) is 68.1 Å². The summed E-state index contributed by atoms with van der Waals surface area (Å²) in [6.07, 6.45) is 4.37. The Labute approximate surface area is 171 Å². The van der Waals surface area contributed by atoms with E-state index in [0.717, 1.165) is 38.0 Å². The lowest BCUT2D eigenvalue weighted by Crippen LogP contribution is -2.37. The summed E-state index contributed by atoms with van der Waals surface area (Å²) in [5.74, 6) is 0.648. The van der Waals surface area contributed by atoms with Crippen molar-refractivity contribution in [3.05, 3.63) is 64.8 Å². The number of aromatic amines is 1. The Morgan fingerprint density at radius 1 is 1.18 bits per heavy atom. The van der Waals surface area contributed by atoms with E-state index in [1.807, 2.05) is 31.3 Å². The Hall–Kier alpha value is -2.01. The first-order chi connectivity index (χ1) is 13.5. The molecule has 0 bridgehead atoms. The van der Waals surface area contributed by atoms with Gasteiger partial charge in [0.05, 0.1) is 10.6 Å². The second-order valence-electron chi connectivity index (χ2n) is 7.93. The number of hydrogen-bond acceptors (Lipinski definition) is 3. The highest BCUT2D eigenvalue weighted by atomic mass is 35.5. The van der Waals surface area contributed by atoms with Gasteiger partial charge in [0.25, 0.3) is 0 Å². The zero-order chi connectivity index (χ0) is 19.6. The van der Waals surface area contributed by atoms with E-state index in [1.54, 1.807) is 0 Å². The topological polar surface area (TPSA) is 48.5 Å². The molecule has 1 aliphatic rings. The van der Waals surface area contributed by atoms with Gasteiger partial charge in [0.1, 0.15) is 12.4 Å². The molecule has 28 heavy (non-hydrogen) atoms. The molecule has 2 N–H and O–H groups in total. The van der Waals surface area contributed by atoms with Gasteiger partial charge < -0.3 is 14.8 Å². The van der Waals surface area contributed by atoms with E-state index >= 15 is 0 Å². The number of ether oxygens (including phenoxy) is 1. The van der Waals surface area contributed by atoms with Gasteiger partial charge in [-0.1, -0.05) is 29.8 Å². The van der Waals surface area contributed by atoms with Crippen LogP contribution in [-0.4, -0.2) is 40.3 Å². The third-order valence-corrected chi connectivity index (χ3v) is 5.98. The molecule has 0 saturated carbocycles. The highest BCUT2D eigenvalue weighted by Gasteiger charge is 2.31. The van der Waals surface area contributed by atoms with Crippen molar-refractivity contribution in [1.29, 1.82) is 0 Å². The summed E-state index contributed by atoms with van der Waals surface area (Å²) < 4.78 is 5.91. The normalized spacial score (nSPS) is 21.0. The maximum absolute atomic E-state index is 11.1. The summed E-state index contributed by atoms with van der Waals surface area (Å²) in [5.41, 5.74) is 2.78. The number of likely N-dealkylation sites (tertiary alicyclic amines) is 1. The fourth-order valence-corrected chi connectivity index (χ4v) is 4.17. The lowest BCUT2D eigenvalue weighted by atomic mass is 9.96. The molecule has 3 aromatic rings. The first-order valence-corrected chi connectivity index (χ1v) is 10.3. The Bertz CT molecular complexity index is 955. The molecule has 0 amide bonds. The number of aromatic nitrogens is 1. The minimum Gasteiger partial charge on any atom is -0.489 e. The van der Waals surface area contributed by atoms with Gasteiger partial charge in [-0.3, -0.25) is 4.90 Å². The maximum atomic E-state index is 11.1. The van der Waals surface area contributed by atoms with Crippen LogP contribution in [0.25, 0.3) is 10.9 Å². The van der Waals surface area contributed by atoms with Crippen LogP contribution >= 0.6 is 11.6 Å². The summed E-state index contributed by atoms with van der Waals surface area (Å²) in [7, 11) is 0. The van der Waals surface area contributed by atoms with E-state index in [2.05, 4.69) is 34.1 Å². The molecule has 148 valence electrons. The van der Waals surface area contributed by atoms with Crippen molar-refractivity contribution in [2.75, 3.05) is 19.7 Å². The zero-order valence-electron chi connectivity index (χ0n) is 16.2. The molecule has 0 radical (unpaired) electrons. The SMILES string of the molecule is Cc1ccc(Cl)c(OCC2(O)CCCN(Cc3cccc4[nH]ccc34)CC2)c1. The monoisotopic (exact) mass is 398 g/mol. The predicted octanol–water partition coefficient (Wildman–Crippen LogP) is 4.93. The van der Waals surface area contributed by atoms with Crippen LogP contribution in [-0.2, 0) is 6.54 Å². The standard InChI is InChI=1S/C23H27ClN2O2/c1-17-6-7-20(24)22(14-17)28-16-23(27)9-3-12-26(13-10-23)15-18-4-2-5-21-19(18)8-11-25-21/h2,4-8,11,14,25,27H,3,9-10,12-13,15-16H2,1H3. The first kappa shape index (κ1) is 19.3. The molecule has 0 spiro atoms. The Morgan fingerprint density at radius 2 is 2.07 bits per heavy atom. The number of aryl methyl sites for hydroxylation is 1. The number of hydrogen-bond donors (Lipinski definition) is 2. The lowest BCUT2D eigenvalue weighted by Gasteiger charge is -2.27. The molecule has 2 heterocycles. The molecule has 1 unspecified atom stereocenters. The average Bonchev–Trinajstić information content (AvgIpc) is 3.09. The summed E-state index contributed by atoms with van der Waals surface area (Å²) in [6, 6.07) is 14.3. The smallest absolute Gasteiger partial charge is 0.138 e. The molecule has 1 fully saturated rings. The predicted molar refractivity (Wildman–Crippen MR) is 114 cm³/mol. The van der Waals surface area contributed by atoms with Crippen molar-refractivity contribution < 1.29 is 9.84 Å². The molecule has 4 rings (SSSR count). The zero-order valence-corrected chi connectivity index (χ0v) is 17.0. The third kappa shape index (κ3) is 4.35. The Kier molecular flexibility index (Phi) is 5.63. The Morgan fingerprint density at radius 3 is 2.96 bits per heavy atom. The molecule has 1 saturated heterocycles. The van der Waals surface area contributed by atoms with E-state index in [-0.39, 0.29) is 6.61 Å². The highest BCUT2D eigenvalue weighted by Crippen LogP contribution is 2.29. The Balaban J connectivity index is 1.38. The van der Waals surface area contributed by atoms with E-state index in [1.165, 1.54) is 16.5 Å². The summed E-state index contributed by atoms with van der Waals surface area (Å²) in [6.45, 7) is 5.01. The lowest BCUT2D eigenvalue weighted by molar-refractivity contribution is -0.0168. The van der Waals surface area contributed by atoms with Crippen molar-refractivity contribution in [1.82, 2.24) is 9.88 Å². The van der Waals surface area contributed by atoms with E-state index in [4.69, 9.17) is 16.3 Å².